The second kappa shape index (κ2) is 7.69. The van der Waals surface area contributed by atoms with Gasteiger partial charge in [-0.2, -0.15) is 13.2 Å². The minimum Gasteiger partial charge on any atom is -0.340 e. The maximum atomic E-state index is 13.2. The van der Waals surface area contributed by atoms with Crippen LogP contribution in [0.3, 0.4) is 0 Å². The summed E-state index contributed by atoms with van der Waals surface area (Å²) in [4.78, 5) is 24.2. The van der Waals surface area contributed by atoms with E-state index >= 15 is 0 Å². The number of benzene rings is 1. The first kappa shape index (κ1) is 19.4. The van der Waals surface area contributed by atoms with Gasteiger partial charge >= 0.3 is 6.18 Å². The minimum absolute atomic E-state index is 0.0264. The van der Waals surface area contributed by atoms with Crippen LogP contribution in [0.2, 0.25) is 5.02 Å². The van der Waals surface area contributed by atoms with E-state index in [0.29, 0.717) is 13.1 Å². The van der Waals surface area contributed by atoms with Crippen molar-refractivity contribution in [2.24, 2.45) is 0 Å². The summed E-state index contributed by atoms with van der Waals surface area (Å²) in [5, 5.41) is 2.58. The van der Waals surface area contributed by atoms with E-state index in [2.05, 4.69) is 20.2 Å². The van der Waals surface area contributed by atoms with E-state index in [4.69, 9.17) is 11.6 Å². The molecule has 0 radical (unpaired) electrons. The van der Waals surface area contributed by atoms with Crippen LogP contribution in [0, 0.1) is 0 Å². The second-order valence-electron chi connectivity index (χ2n) is 6.20. The number of nitrogens with zero attached hydrogens (tertiary/aromatic N) is 4. The molecule has 1 aromatic carbocycles. The van der Waals surface area contributed by atoms with E-state index in [0.717, 1.165) is 25.5 Å². The molecule has 1 aliphatic heterocycles. The standard InChI is InChI=1S/C17H17ClF3N5O/c1-25-4-6-26(7-5-25)16(27)14-9-15(23-10-22-14)24-13-3-2-11(18)8-12(13)17(19,20)21/h2-3,8-10H,4-7H2,1H3,(H,22,23,24). The second-order valence-corrected chi connectivity index (χ2v) is 6.63. The molecule has 0 saturated carbocycles. The number of amides is 1. The highest BCUT2D eigenvalue weighted by Gasteiger charge is 2.34. The SMILES string of the molecule is CN1CCN(C(=O)c2cc(Nc3ccc(Cl)cc3C(F)(F)F)ncn2)CC1. The van der Waals surface area contributed by atoms with Crippen LogP contribution in [0.5, 0.6) is 0 Å². The Labute approximate surface area is 159 Å². The molecule has 0 spiro atoms. The van der Waals surface area contributed by atoms with Crippen LogP contribution in [0.4, 0.5) is 24.7 Å². The van der Waals surface area contributed by atoms with Gasteiger partial charge in [0.1, 0.15) is 17.8 Å². The van der Waals surface area contributed by atoms with Gasteiger partial charge in [-0.15, -0.1) is 0 Å². The van der Waals surface area contributed by atoms with Crippen molar-refractivity contribution in [1.82, 2.24) is 19.8 Å². The van der Waals surface area contributed by atoms with Crippen molar-refractivity contribution in [2.45, 2.75) is 6.18 Å². The number of carbonyl (C=O) groups is 1. The smallest absolute Gasteiger partial charge is 0.340 e. The van der Waals surface area contributed by atoms with E-state index in [1.165, 1.54) is 18.2 Å². The van der Waals surface area contributed by atoms with Crippen molar-refractivity contribution in [1.29, 1.82) is 0 Å². The number of likely N-dealkylation sites (N-methyl/N-ethyl adjacent to an activating group) is 1. The van der Waals surface area contributed by atoms with E-state index in [1.54, 1.807) is 4.90 Å². The molecule has 1 saturated heterocycles. The van der Waals surface area contributed by atoms with E-state index in [1.807, 2.05) is 7.05 Å². The van der Waals surface area contributed by atoms with Crippen LogP contribution in [-0.4, -0.2) is 58.9 Å². The largest absolute Gasteiger partial charge is 0.418 e. The molecule has 1 aromatic heterocycles. The van der Waals surface area contributed by atoms with Gasteiger partial charge in [0.15, 0.2) is 0 Å². The Morgan fingerprint density at radius 3 is 2.52 bits per heavy atom. The summed E-state index contributed by atoms with van der Waals surface area (Å²) in [5.41, 5.74) is -0.997. The molecule has 27 heavy (non-hydrogen) atoms. The number of hydrogen-bond donors (Lipinski definition) is 1. The number of nitrogens with one attached hydrogen (secondary N) is 1. The third-order valence-electron chi connectivity index (χ3n) is 4.23. The van der Waals surface area contributed by atoms with Crippen LogP contribution >= 0.6 is 11.6 Å². The molecular weight excluding hydrogens is 383 g/mol. The molecule has 1 amide bonds. The number of piperazine rings is 1. The molecule has 3 rings (SSSR count). The molecule has 1 aliphatic rings. The molecule has 2 heterocycles. The highest BCUT2D eigenvalue weighted by molar-refractivity contribution is 6.30. The highest BCUT2D eigenvalue weighted by atomic mass is 35.5. The highest BCUT2D eigenvalue weighted by Crippen LogP contribution is 2.37. The molecule has 0 aliphatic carbocycles. The average Bonchev–Trinajstić information content (AvgIpc) is 2.63. The summed E-state index contributed by atoms with van der Waals surface area (Å²) >= 11 is 5.68. The Hall–Kier alpha value is -2.39. The maximum Gasteiger partial charge on any atom is 0.418 e. The topological polar surface area (TPSA) is 61.4 Å². The van der Waals surface area contributed by atoms with Crippen LogP contribution in [0.15, 0.2) is 30.6 Å². The zero-order valence-corrected chi connectivity index (χ0v) is 15.2. The minimum atomic E-state index is -4.58. The van der Waals surface area contributed by atoms with Crippen LogP contribution in [0.25, 0.3) is 0 Å². The third kappa shape index (κ3) is 4.67. The fraction of sp³-hybridized carbons (Fsp3) is 0.353. The summed E-state index contributed by atoms with van der Waals surface area (Å²) in [7, 11) is 1.97. The van der Waals surface area contributed by atoms with Gasteiger partial charge in [0.2, 0.25) is 0 Å². The maximum absolute atomic E-state index is 13.2. The van der Waals surface area contributed by atoms with Crippen molar-refractivity contribution < 1.29 is 18.0 Å². The lowest BCUT2D eigenvalue weighted by Crippen LogP contribution is -2.47. The summed E-state index contributed by atoms with van der Waals surface area (Å²) in [6.45, 7) is 2.64. The van der Waals surface area contributed by atoms with Crippen LogP contribution in [-0.2, 0) is 6.18 Å². The fourth-order valence-electron chi connectivity index (χ4n) is 2.71. The van der Waals surface area contributed by atoms with Gasteiger partial charge in [-0.05, 0) is 25.2 Å². The molecule has 0 bridgehead atoms. The number of alkyl halides is 3. The summed E-state index contributed by atoms with van der Waals surface area (Å²) in [6.07, 6.45) is -3.44. The Morgan fingerprint density at radius 2 is 1.85 bits per heavy atom. The third-order valence-corrected chi connectivity index (χ3v) is 4.46. The molecule has 0 atom stereocenters. The van der Waals surface area contributed by atoms with Crippen molar-refractivity contribution in [2.75, 3.05) is 38.5 Å². The quantitative estimate of drug-likeness (QED) is 0.858. The number of aromatic nitrogens is 2. The monoisotopic (exact) mass is 399 g/mol. The Kier molecular flexibility index (Phi) is 5.52. The van der Waals surface area contributed by atoms with Gasteiger partial charge in [-0.3, -0.25) is 4.79 Å². The number of anilines is 2. The number of rotatable bonds is 3. The van der Waals surface area contributed by atoms with Gasteiger partial charge in [0.25, 0.3) is 5.91 Å². The summed E-state index contributed by atoms with van der Waals surface area (Å²) in [6, 6.07) is 4.74. The predicted molar refractivity (Wildman–Crippen MR) is 95.2 cm³/mol. The van der Waals surface area contributed by atoms with E-state index in [-0.39, 0.29) is 28.1 Å². The lowest BCUT2D eigenvalue weighted by molar-refractivity contribution is -0.136. The van der Waals surface area contributed by atoms with Crippen LogP contribution in [0.1, 0.15) is 16.1 Å². The molecule has 10 heteroatoms. The number of halogens is 4. The van der Waals surface area contributed by atoms with Gasteiger partial charge in [0, 0.05) is 37.3 Å². The molecular formula is C17H17ClF3N5O. The zero-order chi connectivity index (χ0) is 19.6. The molecule has 144 valence electrons. The summed E-state index contributed by atoms with van der Waals surface area (Å²) < 4.78 is 39.7. The molecule has 2 aromatic rings. The Morgan fingerprint density at radius 1 is 1.15 bits per heavy atom. The molecule has 1 N–H and O–H groups in total. The van der Waals surface area contributed by atoms with Crippen molar-refractivity contribution in [3.8, 4) is 0 Å². The summed E-state index contributed by atoms with van der Waals surface area (Å²) in [5.74, 6) is -0.184. The normalized spacial score (nSPS) is 15.7. The van der Waals surface area contributed by atoms with Gasteiger partial charge in [-0.1, -0.05) is 11.6 Å². The average molecular weight is 400 g/mol. The first-order valence-electron chi connectivity index (χ1n) is 8.17. The fourth-order valence-corrected chi connectivity index (χ4v) is 2.88. The van der Waals surface area contributed by atoms with Crippen molar-refractivity contribution in [3.63, 3.8) is 0 Å². The van der Waals surface area contributed by atoms with Crippen molar-refractivity contribution in [3.05, 3.63) is 46.9 Å². The first-order chi connectivity index (χ1) is 12.7. The lowest BCUT2D eigenvalue weighted by atomic mass is 10.1. The zero-order valence-electron chi connectivity index (χ0n) is 14.4. The molecule has 1 fully saturated rings. The van der Waals surface area contributed by atoms with Gasteiger partial charge < -0.3 is 15.1 Å². The Bertz CT molecular complexity index is 838. The van der Waals surface area contributed by atoms with Gasteiger partial charge in [-0.25, -0.2) is 9.97 Å². The van der Waals surface area contributed by atoms with E-state index in [9.17, 15) is 18.0 Å². The van der Waals surface area contributed by atoms with Crippen molar-refractivity contribution >= 4 is 29.0 Å². The van der Waals surface area contributed by atoms with Gasteiger partial charge in [0.05, 0.1) is 11.3 Å². The predicted octanol–water partition coefficient (Wildman–Crippen LogP) is 3.28. The van der Waals surface area contributed by atoms with Crippen LogP contribution < -0.4 is 5.32 Å². The number of carbonyl (C=O) groups excluding carboxylic acids is 1. The number of hydrogen-bond acceptors (Lipinski definition) is 5. The lowest BCUT2D eigenvalue weighted by Gasteiger charge is -2.32. The van der Waals surface area contributed by atoms with E-state index < -0.39 is 11.7 Å². The molecule has 0 unspecified atom stereocenters. The first-order valence-corrected chi connectivity index (χ1v) is 8.55. The Balaban J connectivity index is 1.82. The molecule has 6 nitrogen and oxygen atoms in total.